The smallest absolute Gasteiger partial charge is 0.318 e. The Bertz CT molecular complexity index is 174. The van der Waals surface area contributed by atoms with Gasteiger partial charge in [-0.1, -0.05) is 0 Å². The molecule has 0 unspecified atom stereocenters. The first-order valence-electron chi connectivity index (χ1n) is 2.49. The molecule has 0 aromatic heterocycles. The number of hydrogen-bond acceptors (Lipinski definition) is 3. The Hall–Kier alpha value is -0.690. The molecule has 0 aliphatic carbocycles. The Morgan fingerprint density at radius 3 is 2.67 bits per heavy atom. The fourth-order valence-corrected chi connectivity index (χ4v) is 1.49. The number of carbonyl (C=O) groups is 1. The average Bonchev–Trinajstić information content (AvgIpc) is 1.61. The number of thioether (sulfide) groups is 1. The fourth-order valence-electron chi connectivity index (χ4n) is 0.637. The van der Waals surface area contributed by atoms with Gasteiger partial charge in [0.15, 0.2) is 0 Å². The second kappa shape index (κ2) is 2.28. The highest BCUT2D eigenvalue weighted by atomic mass is 32.2. The number of nitrogens with zero attached hydrogens (tertiary/aromatic N) is 1. The van der Waals surface area contributed by atoms with E-state index in [9.17, 15) is 4.79 Å². The topological polar surface area (TPSA) is 61.1 Å². The van der Waals surface area contributed by atoms with Crippen LogP contribution in [-0.4, -0.2) is 22.1 Å². The van der Waals surface area contributed by atoms with Crippen LogP contribution < -0.4 is 0 Å². The molecule has 48 valence electrons. The molecule has 1 N–H and O–H groups in total. The van der Waals surface area contributed by atoms with Crippen molar-refractivity contribution in [2.45, 2.75) is 5.25 Å². The molecule has 0 aromatic rings. The highest BCUT2D eigenvalue weighted by Crippen LogP contribution is 2.33. The minimum atomic E-state index is -0.863. The van der Waals surface area contributed by atoms with Crippen molar-refractivity contribution in [3.8, 4) is 6.07 Å². The average molecular weight is 143 g/mol. The van der Waals surface area contributed by atoms with Gasteiger partial charge >= 0.3 is 5.97 Å². The molecule has 3 nitrogen and oxygen atoms in total. The van der Waals surface area contributed by atoms with Crippen molar-refractivity contribution in [3.05, 3.63) is 0 Å². The van der Waals surface area contributed by atoms with E-state index in [2.05, 4.69) is 0 Å². The second-order valence-corrected chi connectivity index (χ2v) is 3.00. The molecule has 0 radical (unpaired) electrons. The summed E-state index contributed by atoms with van der Waals surface area (Å²) in [4.78, 5) is 10.2. The summed E-state index contributed by atoms with van der Waals surface area (Å²) in [6.45, 7) is 0. The minimum Gasteiger partial charge on any atom is -0.480 e. The van der Waals surface area contributed by atoms with Gasteiger partial charge in [0.1, 0.15) is 5.25 Å². The molecule has 1 saturated heterocycles. The van der Waals surface area contributed by atoms with Gasteiger partial charge in [-0.15, -0.1) is 11.8 Å². The Morgan fingerprint density at radius 2 is 2.56 bits per heavy atom. The van der Waals surface area contributed by atoms with E-state index in [0.717, 1.165) is 0 Å². The molecule has 1 fully saturated rings. The lowest BCUT2D eigenvalue weighted by atomic mass is 10.1. The summed E-state index contributed by atoms with van der Waals surface area (Å²) in [6, 6.07) is 1.93. The number of rotatable bonds is 1. The van der Waals surface area contributed by atoms with E-state index in [0.29, 0.717) is 5.75 Å². The normalized spacial score (nSPS) is 32.3. The van der Waals surface area contributed by atoms with E-state index < -0.39 is 11.2 Å². The molecule has 0 saturated carbocycles. The van der Waals surface area contributed by atoms with Crippen molar-refractivity contribution < 1.29 is 9.90 Å². The van der Waals surface area contributed by atoms with E-state index in [1.807, 2.05) is 6.07 Å². The molecular formula is C5H5NO2S. The first-order chi connectivity index (χ1) is 4.25. The molecule has 1 rings (SSSR count). The van der Waals surface area contributed by atoms with Gasteiger partial charge in [0.25, 0.3) is 0 Å². The van der Waals surface area contributed by atoms with Crippen molar-refractivity contribution in [2.75, 3.05) is 5.75 Å². The highest BCUT2D eigenvalue weighted by Gasteiger charge is 2.37. The quantitative estimate of drug-likeness (QED) is 0.574. The van der Waals surface area contributed by atoms with Gasteiger partial charge in [0, 0.05) is 5.75 Å². The van der Waals surface area contributed by atoms with Crippen LogP contribution in [0.4, 0.5) is 0 Å². The van der Waals surface area contributed by atoms with Crippen LogP contribution >= 0.6 is 11.8 Å². The molecular weight excluding hydrogens is 138 g/mol. The maximum Gasteiger partial charge on any atom is 0.318 e. The van der Waals surface area contributed by atoms with Crippen LogP contribution in [0, 0.1) is 17.2 Å². The molecule has 2 atom stereocenters. The van der Waals surface area contributed by atoms with Gasteiger partial charge in [-0.25, -0.2) is 0 Å². The number of carboxylic acids is 1. The van der Waals surface area contributed by atoms with Crippen molar-refractivity contribution in [1.29, 1.82) is 5.26 Å². The van der Waals surface area contributed by atoms with Crippen LogP contribution in [0.25, 0.3) is 0 Å². The van der Waals surface area contributed by atoms with Gasteiger partial charge in [0.2, 0.25) is 0 Å². The highest BCUT2D eigenvalue weighted by molar-refractivity contribution is 8.02. The van der Waals surface area contributed by atoms with Gasteiger partial charge in [-0.05, 0) is 0 Å². The third-order valence-corrected chi connectivity index (χ3v) is 2.67. The van der Waals surface area contributed by atoms with Crippen LogP contribution in [0.1, 0.15) is 0 Å². The molecule has 1 aliphatic rings. The number of aliphatic carboxylic acids is 1. The zero-order valence-electron chi connectivity index (χ0n) is 4.57. The summed E-state index contributed by atoms with van der Waals surface area (Å²) in [5.41, 5.74) is 0. The number of hydrogen-bond donors (Lipinski definition) is 1. The Kier molecular flexibility index (Phi) is 1.63. The summed E-state index contributed by atoms with van der Waals surface area (Å²) in [7, 11) is 0. The van der Waals surface area contributed by atoms with Gasteiger partial charge in [-0.2, -0.15) is 5.26 Å². The van der Waals surface area contributed by atoms with E-state index >= 15 is 0 Å². The summed E-state index contributed by atoms with van der Waals surface area (Å²) >= 11 is 1.32. The minimum absolute atomic E-state index is 0.257. The summed E-state index contributed by atoms with van der Waals surface area (Å²) < 4.78 is 0. The van der Waals surface area contributed by atoms with E-state index in [4.69, 9.17) is 10.4 Å². The molecule has 0 bridgehead atoms. The molecule has 0 aromatic carbocycles. The third-order valence-electron chi connectivity index (χ3n) is 1.23. The maximum atomic E-state index is 10.2. The second-order valence-electron chi connectivity index (χ2n) is 1.83. The predicted octanol–water partition coefficient (Wildman–Crippen LogP) is 0.326. The van der Waals surface area contributed by atoms with E-state index in [1.165, 1.54) is 11.8 Å². The monoisotopic (exact) mass is 143 g/mol. The Morgan fingerprint density at radius 1 is 1.89 bits per heavy atom. The van der Waals surface area contributed by atoms with Crippen molar-refractivity contribution in [2.24, 2.45) is 5.92 Å². The summed E-state index contributed by atoms with van der Waals surface area (Å²) in [6.07, 6.45) is 0. The molecule has 9 heavy (non-hydrogen) atoms. The number of carboxylic acid groups (broad SMARTS) is 1. The van der Waals surface area contributed by atoms with Crippen LogP contribution in [-0.2, 0) is 4.79 Å². The van der Waals surface area contributed by atoms with Crippen LogP contribution in [0.3, 0.4) is 0 Å². The van der Waals surface area contributed by atoms with E-state index in [1.54, 1.807) is 0 Å². The summed E-state index contributed by atoms with van der Waals surface area (Å²) in [5, 5.41) is 16.2. The zero-order chi connectivity index (χ0) is 6.85. The van der Waals surface area contributed by atoms with Crippen molar-refractivity contribution in [3.63, 3.8) is 0 Å². The van der Waals surface area contributed by atoms with Crippen LogP contribution in [0.5, 0.6) is 0 Å². The molecule has 0 amide bonds. The van der Waals surface area contributed by atoms with Gasteiger partial charge in [0.05, 0.1) is 12.0 Å². The molecule has 1 heterocycles. The lowest BCUT2D eigenvalue weighted by Crippen LogP contribution is -2.36. The lowest BCUT2D eigenvalue weighted by Gasteiger charge is -2.26. The van der Waals surface area contributed by atoms with Crippen LogP contribution in [0.2, 0.25) is 0 Å². The largest absolute Gasteiger partial charge is 0.480 e. The Balaban J connectivity index is 2.47. The SMILES string of the molecule is N#C[C@@H]1CS[C@@H]1C(=O)O. The molecule has 1 aliphatic heterocycles. The van der Waals surface area contributed by atoms with Crippen LogP contribution in [0.15, 0.2) is 0 Å². The van der Waals surface area contributed by atoms with Crippen molar-refractivity contribution >= 4 is 17.7 Å². The lowest BCUT2D eigenvalue weighted by molar-refractivity contribution is -0.137. The third kappa shape index (κ3) is 1.01. The maximum absolute atomic E-state index is 10.2. The predicted molar refractivity (Wildman–Crippen MR) is 33.0 cm³/mol. The standard InChI is InChI=1S/C5H5NO2S/c6-1-3-2-9-4(3)5(7)8/h3-4H,2H2,(H,7,8)/t3-,4+/m1/s1. The van der Waals surface area contributed by atoms with Gasteiger partial charge < -0.3 is 5.11 Å². The first kappa shape index (κ1) is 6.43. The summed E-state index contributed by atoms with van der Waals surface area (Å²) in [5.74, 6) is -0.446. The van der Waals surface area contributed by atoms with E-state index in [-0.39, 0.29) is 5.92 Å². The van der Waals surface area contributed by atoms with Crippen molar-refractivity contribution in [1.82, 2.24) is 0 Å². The number of nitriles is 1. The first-order valence-corrected chi connectivity index (χ1v) is 3.54. The fraction of sp³-hybridized carbons (Fsp3) is 0.600. The molecule has 0 spiro atoms. The van der Waals surface area contributed by atoms with Gasteiger partial charge in [-0.3, -0.25) is 4.79 Å². The zero-order valence-corrected chi connectivity index (χ0v) is 5.39. The molecule has 4 heteroatoms. The Labute approximate surface area is 56.7 Å².